The molecule has 2 unspecified atom stereocenters. The Hall–Kier alpha value is -1.17. The van der Waals surface area contributed by atoms with E-state index in [-0.39, 0.29) is 12.0 Å². The Bertz CT molecular complexity index is 281. The summed E-state index contributed by atoms with van der Waals surface area (Å²) in [5.74, 6) is -0.595. The number of carboxylic acid groups (broad SMARTS) is 1. The zero-order valence-corrected chi connectivity index (χ0v) is 9.20. The maximum atomic E-state index is 11.5. The fourth-order valence-corrected chi connectivity index (χ4v) is 2.47. The maximum absolute atomic E-state index is 11.5. The minimum absolute atomic E-state index is 0.0963. The van der Waals surface area contributed by atoms with Gasteiger partial charge in [0.1, 0.15) is 12.6 Å². The number of carbonyl (C=O) groups is 2. The van der Waals surface area contributed by atoms with Gasteiger partial charge in [0.2, 0.25) is 0 Å². The predicted molar refractivity (Wildman–Crippen MR) is 56.7 cm³/mol. The third-order valence-electron chi connectivity index (χ3n) is 2.04. The van der Waals surface area contributed by atoms with E-state index in [1.54, 1.807) is 6.92 Å². The molecular formula is C9H13NO4S. The molecule has 0 aromatic carbocycles. The van der Waals surface area contributed by atoms with Crippen molar-refractivity contribution in [2.24, 2.45) is 0 Å². The number of aliphatic carboxylic acids is 1. The van der Waals surface area contributed by atoms with Crippen molar-refractivity contribution in [3.05, 3.63) is 12.7 Å². The number of carboxylic acids is 1. The molecule has 1 aliphatic heterocycles. The van der Waals surface area contributed by atoms with Crippen LogP contribution in [0.3, 0.4) is 0 Å². The zero-order valence-electron chi connectivity index (χ0n) is 8.38. The zero-order chi connectivity index (χ0) is 11.4. The molecule has 84 valence electrons. The Morgan fingerprint density at radius 3 is 2.93 bits per heavy atom. The molecule has 1 rings (SSSR count). The number of rotatable bonds is 3. The highest BCUT2D eigenvalue weighted by Crippen LogP contribution is 2.29. The first-order valence-corrected chi connectivity index (χ1v) is 5.53. The van der Waals surface area contributed by atoms with Crippen molar-refractivity contribution >= 4 is 23.8 Å². The second kappa shape index (κ2) is 5.06. The normalized spacial score (nSPS) is 25.0. The van der Waals surface area contributed by atoms with Crippen molar-refractivity contribution < 1.29 is 19.4 Å². The van der Waals surface area contributed by atoms with E-state index in [2.05, 4.69) is 6.58 Å². The van der Waals surface area contributed by atoms with Crippen molar-refractivity contribution in [3.8, 4) is 0 Å². The topological polar surface area (TPSA) is 66.8 Å². The van der Waals surface area contributed by atoms with Crippen LogP contribution in [0.25, 0.3) is 0 Å². The quantitative estimate of drug-likeness (QED) is 0.738. The molecule has 15 heavy (non-hydrogen) atoms. The Labute approximate surface area is 92.1 Å². The van der Waals surface area contributed by atoms with E-state index in [9.17, 15) is 9.59 Å². The standard InChI is InChI=1S/C9H13NO4S/c1-3-4-14-9(13)10-6(2)15-5-7(10)8(11)12/h3,6-7H,1,4-5H2,2H3,(H,11,12). The number of hydrogen-bond acceptors (Lipinski definition) is 4. The summed E-state index contributed by atoms with van der Waals surface area (Å²) in [5, 5.41) is 8.73. The van der Waals surface area contributed by atoms with Crippen LogP contribution in [0.2, 0.25) is 0 Å². The minimum Gasteiger partial charge on any atom is -0.480 e. The van der Waals surface area contributed by atoms with Gasteiger partial charge in [0.05, 0.1) is 5.37 Å². The average Bonchev–Trinajstić information content (AvgIpc) is 2.56. The molecule has 6 heteroatoms. The lowest BCUT2D eigenvalue weighted by Gasteiger charge is -2.23. The molecular weight excluding hydrogens is 218 g/mol. The molecule has 1 amide bonds. The van der Waals surface area contributed by atoms with E-state index in [1.807, 2.05) is 0 Å². The minimum atomic E-state index is -0.998. The van der Waals surface area contributed by atoms with Crippen LogP contribution in [-0.2, 0) is 9.53 Å². The lowest BCUT2D eigenvalue weighted by molar-refractivity contribution is -0.141. The van der Waals surface area contributed by atoms with Gasteiger partial charge in [0.15, 0.2) is 0 Å². The van der Waals surface area contributed by atoms with Gasteiger partial charge in [0, 0.05) is 5.75 Å². The molecule has 1 saturated heterocycles. The van der Waals surface area contributed by atoms with Gasteiger partial charge < -0.3 is 9.84 Å². The lowest BCUT2D eigenvalue weighted by Crippen LogP contribution is -2.45. The van der Waals surface area contributed by atoms with Gasteiger partial charge in [-0.05, 0) is 6.92 Å². The van der Waals surface area contributed by atoms with Crippen molar-refractivity contribution in [3.63, 3.8) is 0 Å². The van der Waals surface area contributed by atoms with Gasteiger partial charge in [-0.1, -0.05) is 12.7 Å². The molecule has 1 aliphatic rings. The van der Waals surface area contributed by atoms with Crippen LogP contribution in [-0.4, -0.2) is 45.8 Å². The second-order valence-corrected chi connectivity index (χ2v) is 4.41. The number of thioether (sulfide) groups is 1. The van der Waals surface area contributed by atoms with E-state index in [0.29, 0.717) is 5.75 Å². The van der Waals surface area contributed by atoms with Gasteiger partial charge in [0.25, 0.3) is 0 Å². The summed E-state index contributed by atoms with van der Waals surface area (Å²) >= 11 is 1.42. The van der Waals surface area contributed by atoms with E-state index >= 15 is 0 Å². The van der Waals surface area contributed by atoms with Crippen molar-refractivity contribution in [2.75, 3.05) is 12.4 Å². The summed E-state index contributed by atoms with van der Waals surface area (Å²) in [6.45, 7) is 5.29. The Balaban J connectivity index is 2.66. The summed E-state index contributed by atoms with van der Waals surface area (Å²) in [6, 6.07) is -0.790. The first-order chi connectivity index (χ1) is 7.07. The summed E-state index contributed by atoms with van der Waals surface area (Å²) in [6.07, 6.45) is 0.849. The third-order valence-corrected chi connectivity index (χ3v) is 3.26. The fraction of sp³-hybridized carbons (Fsp3) is 0.556. The molecule has 0 aromatic heterocycles. The number of carbonyl (C=O) groups excluding carboxylic acids is 1. The number of hydrogen-bond donors (Lipinski definition) is 1. The van der Waals surface area contributed by atoms with Crippen molar-refractivity contribution in [1.29, 1.82) is 0 Å². The Morgan fingerprint density at radius 2 is 2.40 bits per heavy atom. The number of ether oxygens (including phenoxy) is 1. The van der Waals surface area contributed by atoms with Gasteiger partial charge in [-0.3, -0.25) is 4.90 Å². The molecule has 0 saturated carbocycles. The number of nitrogens with zero attached hydrogens (tertiary/aromatic N) is 1. The summed E-state index contributed by atoms with van der Waals surface area (Å²) in [5.41, 5.74) is 0. The van der Waals surface area contributed by atoms with Gasteiger partial charge >= 0.3 is 12.1 Å². The highest BCUT2D eigenvalue weighted by Gasteiger charge is 2.40. The van der Waals surface area contributed by atoms with E-state index in [0.717, 1.165) is 0 Å². The first-order valence-electron chi connectivity index (χ1n) is 4.48. The first kappa shape index (κ1) is 11.9. The predicted octanol–water partition coefficient (Wildman–Crippen LogP) is 1.16. The van der Waals surface area contributed by atoms with E-state index in [1.165, 1.54) is 22.7 Å². The summed E-state index contributed by atoms with van der Waals surface area (Å²) in [4.78, 5) is 23.6. The lowest BCUT2D eigenvalue weighted by atomic mass is 10.3. The molecule has 0 bridgehead atoms. The largest absolute Gasteiger partial charge is 0.480 e. The molecule has 0 spiro atoms. The SMILES string of the molecule is C=CCOC(=O)N1C(C)SCC1C(=O)O. The fourth-order valence-electron chi connectivity index (χ4n) is 1.32. The molecule has 0 aliphatic carbocycles. The Kier molecular flexibility index (Phi) is 4.02. The molecule has 1 fully saturated rings. The monoisotopic (exact) mass is 231 g/mol. The second-order valence-electron chi connectivity index (χ2n) is 3.06. The van der Waals surface area contributed by atoms with Crippen molar-refractivity contribution in [1.82, 2.24) is 4.90 Å². The van der Waals surface area contributed by atoms with E-state index < -0.39 is 18.1 Å². The molecule has 0 aromatic rings. The third kappa shape index (κ3) is 2.65. The van der Waals surface area contributed by atoms with Crippen LogP contribution < -0.4 is 0 Å². The van der Waals surface area contributed by atoms with Crippen LogP contribution in [0.4, 0.5) is 4.79 Å². The molecule has 1 heterocycles. The van der Waals surface area contributed by atoms with Gasteiger partial charge in [-0.25, -0.2) is 9.59 Å². The number of amides is 1. The average molecular weight is 231 g/mol. The summed E-state index contributed by atoms with van der Waals surface area (Å²) < 4.78 is 4.82. The van der Waals surface area contributed by atoms with Crippen LogP contribution in [0, 0.1) is 0 Å². The molecule has 2 atom stereocenters. The van der Waals surface area contributed by atoms with Crippen LogP contribution in [0.15, 0.2) is 12.7 Å². The highest BCUT2D eigenvalue weighted by atomic mass is 32.2. The van der Waals surface area contributed by atoms with Gasteiger partial charge in [-0.2, -0.15) is 0 Å². The molecule has 0 radical (unpaired) electrons. The summed E-state index contributed by atoms with van der Waals surface area (Å²) in [7, 11) is 0. The van der Waals surface area contributed by atoms with Crippen molar-refractivity contribution in [2.45, 2.75) is 18.3 Å². The van der Waals surface area contributed by atoms with Crippen LogP contribution >= 0.6 is 11.8 Å². The van der Waals surface area contributed by atoms with E-state index in [4.69, 9.17) is 9.84 Å². The maximum Gasteiger partial charge on any atom is 0.411 e. The van der Waals surface area contributed by atoms with Gasteiger partial charge in [-0.15, -0.1) is 11.8 Å². The smallest absolute Gasteiger partial charge is 0.411 e. The van der Waals surface area contributed by atoms with Crippen LogP contribution in [0.1, 0.15) is 6.92 Å². The molecule has 1 N–H and O–H groups in total. The highest BCUT2D eigenvalue weighted by molar-refractivity contribution is 8.00. The Morgan fingerprint density at radius 1 is 1.73 bits per heavy atom. The molecule has 5 nitrogen and oxygen atoms in total. The van der Waals surface area contributed by atoms with Crippen LogP contribution in [0.5, 0.6) is 0 Å².